The summed E-state index contributed by atoms with van der Waals surface area (Å²) in [6.45, 7) is 4.89. The van der Waals surface area contributed by atoms with Crippen molar-refractivity contribution in [3.05, 3.63) is 30.3 Å². The van der Waals surface area contributed by atoms with Gasteiger partial charge in [0.05, 0.1) is 0 Å². The number of alkyl halides is 2. The Balaban J connectivity index is 2.90. The molecular formula is C15H24F2O3Si. The van der Waals surface area contributed by atoms with Gasteiger partial charge in [0.15, 0.2) is 0 Å². The fourth-order valence-electron chi connectivity index (χ4n) is 1.77. The topological polar surface area (TPSA) is 27.7 Å². The summed E-state index contributed by atoms with van der Waals surface area (Å²) in [7, 11) is -3.11. The maximum atomic E-state index is 12.4. The molecule has 0 aliphatic rings. The molecule has 0 radical (unpaired) electrons. The lowest BCUT2D eigenvalue weighted by molar-refractivity contribution is 0.0510. The van der Waals surface area contributed by atoms with E-state index in [4.69, 9.17) is 13.3 Å². The third kappa shape index (κ3) is 6.21. The second-order valence-electron chi connectivity index (χ2n) is 4.65. The molecule has 6 heteroatoms. The molecule has 0 N–H and O–H groups in total. The maximum absolute atomic E-state index is 12.4. The minimum absolute atomic E-state index is 0.0633. The summed E-state index contributed by atoms with van der Waals surface area (Å²) >= 11 is 0. The lowest BCUT2D eigenvalue weighted by Crippen LogP contribution is -2.57. The van der Waals surface area contributed by atoms with Crippen LogP contribution in [0.15, 0.2) is 30.3 Å². The number of rotatable bonds is 11. The van der Waals surface area contributed by atoms with Crippen molar-refractivity contribution in [2.45, 2.75) is 39.5 Å². The van der Waals surface area contributed by atoms with Gasteiger partial charge >= 0.3 is 8.80 Å². The van der Waals surface area contributed by atoms with Gasteiger partial charge in [-0.05, 0) is 12.8 Å². The summed E-state index contributed by atoms with van der Waals surface area (Å²) < 4.78 is 42.3. The summed E-state index contributed by atoms with van der Waals surface area (Å²) in [4.78, 5) is 0. The molecule has 0 atom stereocenters. The van der Waals surface area contributed by atoms with E-state index in [9.17, 15) is 8.78 Å². The number of benzene rings is 1. The van der Waals surface area contributed by atoms with Gasteiger partial charge < -0.3 is 13.3 Å². The Hall–Kier alpha value is -0.823. The fraction of sp³-hybridized carbons (Fsp3) is 0.600. The molecule has 0 saturated carbocycles. The van der Waals surface area contributed by atoms with Gasteiger partial charge in [0, 0.05) is 31.4 Å². The number of halogens is 2. The van der Waals surface area contributed by atoms with E-state index in [0.717, 1.165) is 18.0 Å². The van der Waals surface area contributed by atoms with Crippen LogP contribution >= 0.6 is 0 Å². The van der Waals surface area contributed by atoms with Crippen LogP contribution in [0.3, 0.4) is 0 Å². The Labute approximate surface area is 126 Å². The SMILES string of the molecule is CCCO[Si](OCCC)(OCCC(F)F)c1ccccc1. The van der Waals surface area contributed by atoms with E-state index < -0.39 is 15.2 Å². The first-order chi connectivity index (χ1) is 10.1. The van der Waals surface area contributed by atoms with Crippen molar-refractivity contribution < 1.29 is 22.1 Å². The Morgan fingerprint density at radius 3 is 1.90 bits per heavy atom. The van der Waals surface area contributed by atoms with Crippen LogP contribution in [0.25, 0.3) is 0 Å². The van der Waals surface area contributed by atoms with Gasteiger partial charge in [0.1, 0.15) is 0 Å². The quantitative estimate of drug-likeness (QED) is 0.586. The Kier molecular flexibility index (Phi) is 8.68. The smallest absolute Gasteiger partial charge is 0.370 e. The molecule has 0 bridgehead atoms. The minimum atomic E-state index is -3.11. The largest absolute Gasteiger partial charge is 0.537 e. The molecule has 120 valence electrons. The lowest BCUT2D eigenvalue weighted by atomic mass is 10.4. The molecule has 0 aromatic heterocycles. The molecule has 0 amide bonds. The predicted molar refractivity (Wildman–Crippen MR) is 80.9 cm³/mol. The average Bonchev–Trinajstić information content (AvgIpc) is 2.50. The highest BCUT2D eigenvalue weighted by Gasteiger charge is 2.43. The van der Waals surface area contributed by atoms with Gasteiger partial charge in [-0.15, -0.1) is 0 Å². The minimum Gasteiger partial charge on any atom is -0.370 e. The summed E-state index contributed by atoms with van der Waals surface area (Å²) in [5.74, 6) is 0. The molecule has 0 heterocycles. The first-order valence-electron chi connectivity index (χ1n) is 7.40. The molecule has 0 fully saturated rings. The van der Waals surface area contributed by atoms with Gasteiger partial charge in [-0.2, -0.15) is 0 Å². The van der Waals surface area contributed by atoms with Crippen LogP contribution in [0.5, 0.6) is 0 Å². The highest BCUT2D eigenvalue weighted by atomic mass is 28.4. The molecule has 0 spiro atoms. The van der Waals surface area contributed by atoms with Crippen LogP contribution in [0.2, 0.25) is 0 Å². The van der Waals surface area contributed by atoms with Crippen LogP contribution < -0.4 is 5.19 Å². The molecule has 1 rings (SSSR count). The lowest BCUT2D eigenvalue weighted by Gasteiger charge is -2.29. The summed E-state index contributed by atoms with van der Waals surface area (Å²) in [5.41, 5.74) is 0. The molecule has 0 aliphatic carbocycles. The van der Waals surface area contributed by atoms with Gasteiger partial charge in [-0.3, -0.25) is 0 Å². The van der Waals surface area contributed by atoms with E-state index in [0.29, 0.717) is 13.2 Å². The zero-order valence-corrected chi connectivity index (χ0v) is 13.7. The first-order valence-corrected chi connectivity index (χ1v) is 9.12. The monoisotopic (exact) mass is 318 g/mol. The van der Waals surface area contributed by atoms with Crippen LogP contribution in [-0.2, 0) is 13.3 Å². The van der Waals surface area contributed by atoms with Crippen molar-refractivity contribution in [3.8, 4) is 0 Å². The standard InChI is InChI=1S/C15H24F2O3Si/c1-3-11-18-21(19-12-4-2,20-13-10-15(16)17)14-8-6-5-7-9-14/h5-9,15H,3-4,10-13H2,1-2H3. The van der Waals surface area contributed by atoms with E-state index in [-0.39, 0.29) is 13.0 Å². The fourth-order valence-corrected chi connectivity index (χ4v) is 4.46. The summed E-state index contributed by atoms with van der Waals surface area (Å²) in [5, 5.41) is 0.821. The molecule has 1 aromatic carbocycles. The van der Waals surface area contributed by atoms with Crippen molar-refractivity contribution in [1.29, 1.82) is 0 Å². The molecular weight excluding hydrogens is 294 g/mol. The van der Waals surface area contributed by atoms with Crippen LogP contribution in [0.1, 0.15) is 33.1 Å². The van der Waals surface area contributed by atoms with Crippen molar-refractivity contribution in [3.63, 3.8) is 0 Å². The van der Waals surface area contributed by atoms with E-state index in [1.54, 1.807) is 0 Å². The van der Waals surface area contributed by atoms with Gasteiger partial charge in [-0.1, -0.05) is 44.2 Å². The Bertz CT molecular complexity index is 368. The third-order valence-electron chi connectivity index (χ3n) is 2.75. The van der Waals surface area contributed by atoms with Crippen LogP contribution in [0, 0.1) is 0 Å². The van der Waals surface area contributed by atoms with Crippen molar-refractivity contribution in [2.75, 3.05) is 19.8 Å². The second-order valence-corrected chi connectivity index (χ2v) is 7.20. The van der Waals surface area contributed by atoms with Gasteiger partial charge in [-0.25, -0.2) is 8.78 Å². The summed E-state index contributed by atoms with van der Waals surface area (Å²) in [6, 6.07) is 9.39. The van der Waals surface area contributed by atoms with Gasteiger partial charge in [0.2, 0.25) is 6.43 Å². The molecule has 0 saturated heterocycles. The van der Waals surface area contributed by atoms with Crippen LogP contribution in [0.4, 0.5) is 8.78 Å². The third-order valence-corrected chi connectivity index (χ3v) is 5.54. The Morgan fingerprint density at radius 1 is 0.905 bits per heavy atom. The van der Waals surface area contributed by atoms with Crippen molar-refractivity contribution >= 4 is 14.0 Å². The zero-order valence-electron chi connectivity index (χ0n) is 12.7. The van der Waals surface area contributed by atoms with Crippen molar-refractivity contribution in [2.24, 2.45) is 0 Å². The number of hydrogen-bond donors (Lipinski definition) is 0. The van der Waals surface area contributed by atoms with Crippen LogP contribution in [-0.4, -0.2) is 35.1 Å². The van der Waals surface area contributed by atoms with E-state index in [1.807, 2.05) is 44.2 Å². The van der Waals surface area contributed by atoms with E-state index >= 15 is 0 Å². The normalized spacial score (nSPS) is 12.0. The highest BCUT2D eigenvalue weighted by molar-refractivity contribution is 6.75. The van der Waals surface area contributed by atoms with Crippen molar-refractivity contribution in [1.82, 2.24) is 0 Å². The van der Waals surface area contributed by atoms with E-state index in [1.165, 1.54) is 0 Å². The summed E-state index contributed by atoms with van der Waals surface area (Å²) in [6.07, 6.45) is -1.07. The van der Waals surface area contributed by atoms with E-state index in [2.05, 4.69) is 0 Å². The predicted octanol–water partition coefficient (Wildman–Crippen LogP) is 3.36. The highest BCUT2D eigenvalue weighted by Crippen LogP contribution is 2.14. The molecule has 1 aromatic rings. The molecule has 0 aliphatic heterocycles. The second kappa shape index (κ2) is 10.00. The first kappa shape index (κ1) is 18.2. The molecule has 0 unspecified atom stereocenters. The molecule has 3 nitrogen and oxygen atoms in total. The molecule has 21 heavy (non-hydrogen) atoms. The maximum Gasteiger partial charge on any atom is 0.537 e. The average molecular weight is 318 g/mol. The van der Waals surface area contributed by atoms with Gasteiger partial charge in [0.25, 0.3) is 0 Å². The Morgan fingerprint density at radius 2 is 1.43 bits per heavy atom. The zero-order chi connectivity index (χ0) is 15.6. The number of hydrogen-bond acceptors (Lipinski definition) is 3.